The molecule has 0 aliphatic carbocycles. The van der Waals surface area contributed by atoms with Gasteiger partial charge in [-0.2, -0.15) is 0 Å². The summed E-state index contributed by atoms with van der Waals surface area (Å²) >= 11 is 5.71. The molecule has 0 radical (unpaired) electrons. The van der Waals surface area contributed by atoms with Gasteiger partial charge in [-0.15, -0.1) is 11.6 Å². The van der Waals surface area contributed by atoms with Crippen LogP contribution in [0.2, 0.25) is 0 Å². The van der Waals surface area contributed by atoms with Crippen molar-refractivity contribution in [1.29, 1.82) is 0 Å². The minimum absolute atomic E-state index is 0.104. The molecular weight excluding hydrogens is 258 g/mol. The number of hydrogen-bond donors (Lipinski definition) is 1. The molecule has 0 saturated carbocycles. The fraction of sp³-hybridized carbons (Fsp3) is 0.417. The third-order valence-corrected chi connectivity index (χ3v) is 3.48. The molecule has 0 aromatic heterocycles. The number of hydrogen-bond acceptors (Lipinski definition) is 2. The van der Waals surface area contributed by atoms with Gasteiger partial charge in [0, 0.05) is 40.3 Å². The molecule has 0 fully saturated rings. The van der Waals surface area contributed by atoms with E-state index >= 15 is 0 Å². The molecule has 5 heteroatoms. The first-order valence-electron chi connectivity index (χ1n) is 5.28. The average molecular weight is 274 g/mol. The first-order valence-corrected chi connectivity index (χ1v) is 7.55. The SMILES string of the molecule is CC(CS(C)=O)NC(=O)c1cccc(CCl)c1. The van der Waals surface area contributed by atoms with E-state index in [1.807, 2.05) is 13.0 Å². The van der Waals surface area contributed by atoms with E-state index in [0.29, 0.717) is 17.2 Å². The number of alkyl halides is 1. The number of halogens is 1. The second-order valence-corrected chi connectivity index (χ2v) is 5.70. The zero-order valence-corrected chi connectivity index (χ0v) is 11.5. The van der Waals surface area contributed by atoms with Crippen LogP contribution < -0.4 is 5.32 Å². The van der Waals surface area contributed by atoms with Gasteiger partial charge in [0.05, 0.1) is 0 Å². The van der Waals surface area contributed by atoms with Crippen molar-refractivity contribution >= 4 is 28.3 Å². The van der Waals surface area contributed by atoms with Gasteiger partial charge >= 0.3 is 0 Å². The fourth-order valence-corrected chi connectivity index (χ4v) is 2.45. The third-order valence-electron chi connectivity index (χ3n) is 2.21. The first kappa shape index (κ1) is 14.2. The van der Waals surface area contributed by atoms with Gasteiger partial charge in [-0.05, 0) is 24.6 Å². The van der Waals surface area contributed by atoms with Gasteiger partial charge in [-0.3, -0.25) is 9.00 Å². The van der Waals surface area contributed by atoms with E-state index in [4.69, 9.17) is 11.6 Å². The lowest BCUT2D eigenvalue weighted by Gasteiger charge is -2.12. The van der Waals surface area contributed by atoms with Crippen LogP contribution in [0.5, 0.6) is 0 Å². The van der Waals surface area contributed by atoms with Crippen molar-refractivity contribution in [1.82, 2.24) is 5.32 Å². The minimum Gasteiger partial charge on any atom is -0.349 e. The highest BCUT2D eigenvalue weighted by atomic mass is 35.5. The molecule has 1 rings (SSSR count). The number of carbonyl (C=O) groups excluding carboxylic acids is 1. The first-order chi connectivity index (χ1) is 8.02. The van der Waals surface area contributed by atoms with Gasteiger partial charge in [-0.25, -0.2) is 0 Å². The molecule has 0 spiro atoms. The van der Waals surface area contributed by atoms with Crippen LogP contribution in [0, 0.1) is 0 Å². The maximum absolute atomic E-state index is 11.9. The maximum atomic E-state index is 11.9. The second-order valence-electron chi connectivity index (χ2n) is 3.95. The van der Waals surface area contributed by atoms with E-state index in [9.17, 15) is 9.00 Å². The predicted molar refractivity (Wildman–Crippen MR) is 71.9 cm³/mol. The molecule has 2 atom stereocenters. The zero-order valence-electron chi connectivity index (χ0n) is 9.90. The van der Waals surface area contributed by atoms with Gasteiger partial charge in [0.2, 0.25) is 0 Å². The van der Waals surface area contributed by atoms with Crippen LogP contribution in [0.4, 0.5) is 0 Å². The summed E-state index contributed by atoms with van der Waals surface area (Å²) in [5.41, 5.74) is 1.49. The average Bonchev–Trinajstić information content (AvgIpc) is 2.27. The molecule has 1 aromatic carbocycles. The molecule has 2 unspecified atom stereocenters. The lowest BCUT2D eigenvalue weighted by Crippen LogP contribution is -2.36. The Kier molecular flexibility index (Phi) is 5.65. The summed E-state index contributed by atoms with van der Waals surface area (Å²) in [6.45, 7) is 1.84. The van der Waals surface area contributed by atoms with Crippen LogP contribution in [-0.2, 0) is 16.7 Å². The van der Waals surface area contributed by atoms with Crippen LogP contribution in [0.25, 0.3) is 0 Å². The lowest BCUT2D eigenvalue weighted by molar-refractivity contribution is 0.0943. The number of benzene rings is 1. The van der Waals surface area contributed by atoms with Gasteiger partial charge < -0.3 is 5.32 Å². The van der Waals surface area contributed by atoms with Crippen molar-refractivity contribution in [3.63, 3.8) is 0 Å². The summed E-state index contributed by atoms with van der Waals surface area (Å²) in [5.74, 6) is 0.686. The highest BCUT2D eigenvalue weighted by Gasteiger charge is 2.11. The number of carbonyl (C=O) groups is 1. The van der Waals surface area contributed by atoms with Crippen molar-refractivity contribution < 1.29 is 9.00 Å². The summed E-state index contributed by atoms with van der Waals surface area (Å²) in [6.07, 6.45) is 1.62. The summed E-state index contributed by atoms with van der Waals surface area (Å²) in [7, 11) is -0.910. The Balaban J connectivity index is 2.66. The van der Waals surface area contributed by atoms with Crippen molar-refractivity contribution in [2.45, 2.75) is 18.8 Å². The van der Waals surface area contributed by atoms with E-state index in [1.54, 1.807) is 24.5 Å². The lowest BCUT2D eigenvalue weighted by atomic mass is 10.1. The second kappa shape index (κ2) is 6.77. The molecule has 0 aliphatic heterocycles. The van der Waals surface area contributed by atoms with Gasteiger partial charge in [0.25, 0.3) is 5.91 Å². The Morgan fingerprint density at radius 2 is 2.24 bits per heavy atom. The minimum atomic E-state index is -0.910. The summed E-state index contributed by atoms with van der Waals surface area (Å²) in [5, 5.41) is 2.80. The quantitative estimate of drug-likeness (QED) is 0.833. The molecule has 94 valence electrons. The van der Waals surface area contributed by atoms with E-state index in [-0.39, 0.29) is 11.9 Å². The molecule has 1 aromatic rings. The molecule has 1 N–H and O–H groups in total. The van der Waals surface area contributed by atoms with E-state index in [1.165, 1.54) is 0 Å². The fourth-order valence-electron chi connectivity index (χ4n) is 1.50. The van der Waals surface area contributed by atoms with E-state index < -0.39 is 10.8 Å². The maximum Gasteiger partial charge on any atom is 0.251 e. The molecule has 1 amide bonds. The van der Waals surface area contributed by atoms with Crippen LogP contribution in [0.3, 0.4) is 0 Å². The summed E-state index contributed by atoms with van der Waals surface area (Å²) in [4.78, 5) is 11.9. The largest absolute Gasteiger partial charge is 0.349 e. The Morgan fingerprint density at radius 1 is 1.53 bits per heavy atom. The van der Waals surface area contributed by atoms with Crippen molar-refractivity contribution in [2.75, 3.05) is 12.0 Å². The van der Waals surface area contributed by atoms with Crippen molar-refractivity contribution in [3.05, 3.63) is 35.4 Å². The summed E-state index contributed by atoms with van der Waals surface area (Å²) in [6, 6.07) is 7.07. The van der Waals surface area contributed by atoms with E-state index in [2.05, 4.69) is 5.32 Å². The van der Waals surface area contributed by atoms with Crippen LogP contribution in [-0.4, -0.2) is 28.2 Å². The van der Waals surface area contributed by atoms with Crippen molar-refractivity contribution in [2.24, 2.45) is 0 Å². The Labute approximate surface area is 109 Å². The van der Waals surface area contributed by atoms with Crippen LogP contribution in [0.15, 0.2) is 24.3 Å². The smallest absolute Gasteiger partial charge is 0.251 e. The monoisotopic (exact) mass is 273 g/mol. The molecule has 0 saturated heterocycles. The Hall–Kier alpha value is -0.870. The molecule has 17 heavy (non-hydrogen) atoms. The molecule has 0 aliphatic rings. The molecule has 3 nitrogen and oxygen atoms in total. The molecule has 0 heterocycles. The van der Waals surface area contributed by atoms with Crippen LogP contribution >= 0.6 is 11.6 Å². The third kappa shape index (κ3) is 4.88. The molecular formula is C12H16ClNO2S. The molecule has 0 bridgehead atoms. The van der Waals surface area contributed by atoms with Crippen LogP contribution in [0.1, 0.15) is 22.8 Å². The number of rotatable bonds is 5. The zero-order chi connectivity index (χ0) is 12.8. The van der Waals surface area contributed by atoms with Crippen molar-refractivity contribution in [3.8, 4) is 0 Å². The predicted octanol–water partition coefficient (Wildman–Crippen LogP) is 1.92. The van der Waals surface area contributed by atoms with Gasteiger partial charge in [0.1, 0.15) is 0 Å². The standard InChI is InChI=1S/C12H16ClNO2S/c1-9(8-17(2)16)14-12(15)11-5-3-4-10(6-11)7-13/h3-6,9H,7-8H2,1-2H3,(H,14,15). The van der Waals surface area contributed by atoms with Gasteiger partial charge in [-0.1, -0.05) is 12.1 Å². The topological polar surface area (TPSA) is 46.2 Å². The highest BCUT2D eigenvalue weighted by Crippen LogP contribution is 2.08. The van der Waals surface area contributed by atoms with E-state index in [0.717, 1.165) is 5.56 Å². The number of amides is 1. The Bertz CT molecular complexity index is 423. The normalized spacial score (nSPS) is 14.1. The van der Waals surface area contributed by atoms with Gasteiger partial charge in [0.15, 0.2) is 0 Å². The highest BCUT2D eigenvalue weighted by molar-refractivity contribution is 7.84. The number of nitrogens with one attached hydrogen (secondary N) is 1. The Morgan fingerprint density at radius 3 is 2.82 bits per heavy atom. The summed E-state index contributed by atoms with van der Waals surface area (Å²) < 4.78 is 11.0.